The quantitative estimate of drug-likeness (QED) is 0.380. The van der Waals surface area contributed by atoms with Gasteiger partial charge in [0, 0.05) is 31.4 Å². The van der Waals surface area contributed by atoms with E-state index in [4.69, 9.17) is 4.74 Å². The first kappa shape index (κ1) is 22.6. The van der Waals surface area contributed by atoms with E-state index in [1.807, 2.05) is 54.3 Å². The number of hydrogen-bond donors (Lipinski definition) is 1. The highest BCUT2D eigenvalue weighted by Gasteiger charge is 2.26. The molecule has 0 amide bonds. The minimum atomic E-state index is -0.907. The van der Waals surface area contributed by atoms with Crippen molar-refractivity contribution in [2.75, 3.05) is 30.0 Å². The molecule has 2 aromatic heterocycles. The third kappa shape index (κ3) is 5.83. The molecule has 1 N–H and O–H groups in total. The van der Waals surface area contributed by atoms with Crippen molar-refractivity contribution in [3.05, 3.63) is 77.1 Å². The number of aryl methyl sites for hydroxylation is 1. The van der Waals surface area contributed by atoms with Crippen molar-refractivity contribution >= 4 is 17.9 Å². The van der Waals surface area contributed by atoms with Crippen LogP contribution in [-0.4, -0.2) is 35.9 Å². The second-order valence-electron chi connectivity index (χ2n) is 7.99. The van der Waals surface area contributed by atoms with Gasteiger partial charge in [0.1, 0.15) is 0 Å². The van der Waals surface area contributed by atoms with Gasteiger partial charge in [-0.15, -0.1) is 0 Å². The second kappa shape index (κ2) is 10.8. The Hall–Kier alpha value is -3.55. The van der Waals surface area contributed by atoms with E-state index in [2.05, 4.69) is 20.5 Å². The number of aromatic nitrogens is 2. The lowest BCUT2D eigenvalue weighted by atomic mass is 10.1. The van der Waals surface area contributed by atoms with Crippen molar-refractivity contribution in [3.63, 3.8) is 0 Å². The van der Waals surface area contributed by atoms with E-state index >= 15 is 8.78 Å². The van der Waals surface area contributed by atoms with Crippen LogP contribution in [-0.2, 0) is 6.42 Å². The van der Waals surface area contributed by atoms with Gasteiger partial charge in [0.15, 0.2) is 17.4 Å². The third-order valence-corrected chi connectivity index (χ3v) is 5.43. The Labute approximate surface area is 192 Å². The van der Waals surface area contributed by atoms with Gasteiger partial charge < -0.3 is 9.64 Å². The maximum atomic E-state index is 15.3. The number of pyridine rings is 2. The fourth-order valence-corrected chi connectivity index (χ4v) is 3.75. The van der Waals surface area contributed by atoms with E-state index < -0.39 is 17.4 Å². The van der Waals surface area contributed by atoms with Crippen molar-refractivity contribution in [1.82, 2.24) is 9.97 Å². The van der Waals surface area contributed by atoms with Crippen LogP contribution >= 0.6 is 0 Å². The summed E-state index contributed by atoms with van der Waals surface area (Å²) in [6.07, 6.45) is 6.62. The summed E-state index contributed by atoms with van der Waals surface area (Å²) in [5.41, 5.74) is 5.35. The number of benzene rings is 1. The van der Waals surface area contributed by atoms with Gasteiger partial charge in [-0.1, -0.05) is 35.9 Å². The van der Waals surface area contributed by atoms with Gasteiger partial charge in [-0.05, 0) is 43.9 Å². The van der Waals surface area contributed by atoms with Crippen LogP contribution in [0.15, 0.2) is 53.8 Å². The maximum Gasteiger partial charge on any atom is 0.212 e. The number of rotatable bonds is 8. The summed E-state index contributed by atoms with van der Waals surface area (Å²) in [7, 11) is 0. The summed E-state index contributed by atoms with van der Waals surface area (Å²) in [6, 6.07) is 13.2. The fourth-order valence-electron chi connectivity index (χ4n) is 3.75. The highest BCUT2D eigenvalue weighted by atomic mass is 19.1. The summed E-state index contributed by atoms with van der Waals surface area (Å²) in [6.45, 7) is 3.38. The average molecular weight is 452 g/mol. The molecule has 8 heteroatoms. The number of piperidine rings is 1. The standard InChI is InChI=1S/C25H27F2N5O/c1-18-8-7-9-19(16-18)17-29-31-24-21(26)23(33-15-11-20-10-3-4-12-28-20)22(27)25(30-24)32-13-5-2-6-14-32/h3-4,7-10,12,16-17H,2,5-6,11,13-15H2,1H3,(H,30,31)/b29-17+. The highest BCUT2D eigenvalue weighted by Crippen LogP contribution is 2.34. The number of hydrazone groups is 1. The summed E-state index contributed by atoms with van der Waals surface area (Å²) in [5, 5.41) is 4.11. The summed E-state index contributed by atoms with van der Waals surface area (Å²) in [4.78, 5) is 10.3. The van der Waals surface area contributed by atoms with Crippen LogP contribution in [0.4, 0.5) is 20.4 Å². The smallest absolute Gasteiger partial charge is 0.212 e. The number of anilines is 2. The first-order valence-electron chi connectivity index (χ1n) is 11.1. The second-order valence-corrected chi connectivity index (χ2v) is 7.99. The molecule has 1 aromatic carbocycles. The van der Waals surface area contributed by atoms with Gasteiger partial charge in [0.2, 0.25) is 11.6 Å². The lowest BCUT2D eigenvalue weighted by Gasteiger charge is -2.28. The number of ether oxygens (including phenoxy) is 1. The topological polar surface area (TPSA) is 62.6 Å². The van der Waals surface area contributed by atoms with Crippen LogP contribution in [0.5, 0.6) is 5.75 Å². The summed E-state index contributed by atoms with van der Waals surface area (Å²) < 4.78 is 36.1. The van der Waals surface area contributed by atoms with E-state index in [1.54, 1.807) is 12.4 Å². The summed E-state index contributed by atoms with van der Waals surface area (Å²) >= 11 is 0. The molecule has 4 rings (SSSR count). The predicted octanol–water partition coefficient (Wildman–Crippen LogP) is 5.12. The van der Waals surface area contributed by atoms with E-state index in [9.17, 15) is 0 Å². The molecule has 1 aliphatic heterocycles. The predicted molar refractivity (Wildman–Crippen MR) is 126 cm³/mol. The van der Waals surface area contributed by atoms with E-state index in [1.165, 1.54) is 0 Å². The van der Waals surface area contributed by atoms with Gasteiger partial charge in [0.25, 0.3) is 0 Å². The van der Waals surface area contributed by atoms with Gasteiger partial charge >= 0.3 is 0 Å². The SMILES string of the molecule is Cc1cccc(/C=N/Nc2nc(N3CCCCC3)c(F)c(OCCc3ccccn3)c2F)c1. The Kier molecular flexibility index (Phi) is 7.44. The average Bonchev–Trinajstić information content (AvgIpc) is 2.84. The van der Waals surface area contributed by atoms with Crippen molar-refractivity contribution < 1.29 is 13.5 Å². The lowest BCUT2D eigenvalue weighted by molar-refractivity contribution is 0.286. The normalized spacial score (nSPS) is 14.0. The molecule has 0 unspecified atom stereocenters. The van der Waals surface area contributed by atoms with E-state index in [0.717, 1.165) is 36.1 Å². The first-order chi connectivity index (χ1) is 16.1. The van der Waals surface area contributed by atoms with Gasteiger partial charge in [0.05, 0.1) is 12.8 Å². The molecule has 6 nitrogen and oxygen atoms in total. The maximum absolute atomic E-state index is 15.3. The molecule has 3 aromatic rings. The zero-order valence-corrected chi connectivity index (χ0v) is 18.6. The molecule has 1 aliphatic rings. The van der Waals surface area contributed by atoms with Gasteiger partial charge in [-0.25, -0.2) is 4.98 Å². The molecule has 0 aliphatic carbocycles. The molecule has 0 radical (unpaired) electrons. The Morgan fingerprint density at radius 2 is 1.94 bits per heavy atom. The number of nitrogens with one attached hydrogen (secondary N) is 1. The Balaban J connectivity index is 1.58. The van der Waals surface area contributed by atoms with Crippen molar-refractivity contribution in [3.8, 4) is 5.75 Å². The molecular formula is C25H27F2N5O. The monoisotopic (exact) mass is 451 g/mol. The van der Waals surface area contributed by atoms with Crippen molar-refractivity contribution in [1.29, 1.82) is 0 Å². The number of hydrogen-bond acceptors (Lipinski definition) is 6. The third-order valence-electron chi connectivity index (χ3n) is 5.43. The Morgan fingerprint density at radius 3 is 2.70 bits per heavy atom. The van der Waals surface area contributed by atoms with Crippen LogP contribution in [0.25, 0.3) is 0 Å². The van der Waals surface area contributed by atoms with Crippen LogP contribution in [0, 0.1) is 18.6 Å². The minimum absolute atomic E-state index is 0.0807. The highest BCUT2D eigenvalue weighted by molar-refractivity contribution is 5.80. The zero-order valence-electron chi connectivity index (χ0n) is 18.6. The lowest BCUT2D eigenvalue weighted by Crippen LogP contribution is -2.31. The van der Waals surface area contributed by atoms with Crippen LogP contribution in [0.3, 0.4) is 0 Å². The molecule has 33 heavy (non-hydrogen) atoms. The van der Waals surface area contributed by atoms with Crippen molar-refractivity contribution in [2.45, 2.75) is 32.6 Å². The molecule has 172 valence electrons. The van der Waals surface area contributed by atoms with Crippen LogP contribution < -0.4 is 15.1 Å². The molecule has 1 saturated heterocycles. The zero-order chi connectivity index (χ0) is 23.0. The molecular weight excluding hydrogens is 424 g/mol. The fraction of sp³-hybridized carbons (Fsp3) is 0.320. The molecule has 0 saturated carbocycles. The van der Waals surface area contributed by atoms with Crippen molar-refractivity contribution in [2.24, 2.45) is 5.10 Å². The largest absolute Gasteiger partial charge is 0.487 e. The molecule has 0 atom stereocenters. The molecule has 0 bridgehead atoms. The van der Waals surface area contributed by atoms with Gasteiger partial charge in [-0.3, -0.25) is 10.4 Å². The first-order valence-corrected chi connectivity index (χ1v) is 11.1. The molecule has 0 spiro atoms. The number of halogens is 2. The minimum Gasteiger partial charge on any atom is -0.487 e. The molecule has 1 fully saturated rings. The van der Waals surface area contributed by atoms with E-state index in [-0.39, 0.29) is 18.2 Å². The van der Waals surface area contributed by atoms with E-state index in [0.29, 0.717) is 19.5 Å². The Morgan fingerprint density at radius 1 is 1.09 bits per heavy atom. The molecule has 3 heterocycles. The van der Waals surface area contributed by atoms with Crippen LogP contribution in [0.2, 0.25) is 0 Å². The van der Waals surface area contributed by atoms with Gasteiger partial charge in [-0.2, -0.15) is 13.9 Å². The summed E-state index contributed by atoms with van der Waals surface area (Å²) in [5.74, 6) is -2.24. The van der Waals surface area contributed by atoms with Crippen LogP contribution in [0.1, 0.15) is 36.1 Å². The Bertz CT molecular complexity index is 1100. The number of nitrogens with zero attached hydrogens (tertiary/aromatic N) is 4.